The van der Waals surface area contributed by atoms with E-state index in [1.165, 1.54) is 0 Å². The van der Waals surface area contributed by atoms with Gasteiger partial charge in [-0.05, 0) is 0 Å². The van der Waals surface area contributed by atoms with Crippen LogP contribution in [0.3, 0.4) is 0 Å². The van der Waals surface area contributed by atoms with E-state index in [-0.39, 0.29) is 80.9 Å². The van der Waals surface area contributed by atoms with Crippen molar-refractivity contribution in [1.82, 2.24) is 0 Å². The van der Waals surface area contributed by atoms with Gasteiger partial charge in [0.05, 0.1) is 0 Å². The molecular formula is HAlKNaO2. The minimum absolute atomic E-state index is 0. The predicted molar refractivity (Wildman–Crippen MR) is 13.6 cm³/mol. The van der Waals surface area contributed by atoms with Crippen molar-refractivity contribution in [2.75, 3.05) is 0 Å². The van der Waals surface area contributed by atoms with Gasteiger partial charge in [-0.25, -0.2) is 0 Å². The van der Waals surface area contributed by atoms with Crippen LogP contribution in [-0.2, 0) is 3.80 Å². The summed E-state index contributed by atoms with van der Waals surface area (Å²) in [6.45, 7) is 0. The zero-order chi connectivity index (χ0) is 2.71. The molecular weight excluding hydrogens is 121 g/mol. The Kier molecular flexibility index (Phi) is 49.6. The number of rotatable bonds is 0. The quantitative estimate of drug-likeness (QED) is 0.301. The molecule has 0 radical (unpaired) electrons. The van der Waals surface area contributed by atoms with Gasteiger partial charge in [-0.2, -0.15) is 0 Å². The molecule has 0 aromatic rings. The first-order valence-corrected chi connectivity index (χ1v) is 1.41. The summed E-state index contributed by atoms with van der Waals surface area (Å²) in [5.41, 5.74) is 0. The monoisotopic (exact) mass is 122 g/mol. The molecule has 0 N–H and O–H groups in total. The molecule has 0 amide bonds. The summed E-state index contributed by atoms with van der Waals surface area (Å²) in [5, 5.41) is 0. The molecule has 0 rings (SSSR count). The summed E-state index contributed by atoms with van der Waals surface area (Å²) in [7, 11) is 0. The Balaban J connectivity index is -0.0000000200. The first-order chi connectivity index (χ1) is 1.41. The first-order valence-electron chi connectivity index (χ1n) is 0.471. The van der Waals surface area contributed by atoms with Gasteiger partial charge in [0.2, 0.25) is 0 Å². The summed E-state index contributed by atoms with van der Waals surface area (Å²) in [4.78, 5) is 0. The van der Waals surface area contributed by atoms with Crippen molar-refractivity contribution in [1.29, 1.82) is 0 Å². The fraction of sp³-hybridized carbons (Fsp3) is 0. The van der Waals surface area contributed by atoms with E-state index in [0.717, 1.165) is 0 Å². The van der Waals surface area contributed by atoms with Crippen LogP contribution in [0.2, 0.25) is 0 Å². The molecule has 0 aromatic carbocycles. The van der Waals surface area contributed by atoms with E-state index in [1.807, 2.05) is 0 Å². The Morgan fingerprint density at radius 1 is 1.60 bits per heavy atom. The first kappa shape index (κ1) is 15.7. The van der Waals surface area contributed by atoms with Crippen molar-refractivity contribution in [3.05, 3.63) is 0 Å². The molecule has 0 aromatic heterocycles. The summed E-state index contributed by atoms with van der Waals surface area (Å²) < 4.78 is 16.9. The third-order valence-corrected chi connectivity index (χ3v) is 0. The molecule has 0 aliphatic rings. The van der Waals surface area contributed by atoms with Gasteiger partial charge in [-0.1, -0.05) is 0 Å². The summed E-state index contributed by atoms with van der Waals surface area (Å²) >= 11 is -1.75. The van der Waals surface area contributed by atoms with Gasteiger partial charge in [-0.3, -0.25) is 0 Å². The zero-order valence-corrected chi connectivity index (χ0v) is 6.67. The van der Waals surface area contributed by atoms with Crippen LogP contribution < -0.4 is 55.5 Å². The summed E-state index contributed by atoms with van der Waals surface area (Å²) in [6.07, 6.45) is 0. The molecule has 0 unspecified atom stereocenters. The molecule has 0 aliphatic carbocycles. The molecule has 0 atom stereocenters. The van der Waals surface area contributed by atoms with Crippen LogP contribution in [0.15, 0.2) is 0 Å². The van der Waals surface area contributed by atoms with E-state index >= 15 is 0 Å². The summed E-state index contributed by atoms with van der Waals surface area (Å²) in [5.74, 6) is 0. The SMILES string of the molecule is [K+].[NaH].[O]=[Al][O-]. The average molecular weight is 122 g/mol. The molecule has 0 spiro atoms. The van der Waals surface area contributed by atoms with Crippen molar-refractivity contribution in [3.8, 4) is 0 Å². The average Bonchev–Trinajstić information content (AvgIpc) is 0.918. The summed E-state index contributed by atoms with van der Waals surface area (Å²) in [6, 6.07) is 0. The van der Waals surface area contributed by atoms with E-state index in [2.05, 4.69) is 0 Å². The zero-order valence-electron chi connectivity index (χ0n) is 2.39. The van der Waals surface area contributed by atoms with Gasteiger partial charge in [0, 0.05) is 0 Å². The molecule has 5 heavy (non-hydrogen) atoms. The van der Waals surface area contributed by atoms with Crippen molar-refractivity contribution in [3.63, 3.8) is 0 Å². The van der Waals surface area contributed by atoms with E-state index in [0.29, 0.717) is 0 Å². The van der Waals surface area contributed by atoms with E-state index < -0.39 is 15.5 Å². The maximum atomic E-state index is 8.46. The van der Waals surface area contributed by atoms with Crippen LogP contribution in [0.25, 0.3) is 0 Å². The third kappa shape index (κ3) is 20.1. The second-order valence-corrected chi connectivity index (χ2v) is 0.289. The molecule has 0 fully saturated rings. The predicted octanol–water partition coefficient (Wildman–Crippen LogP) is -5.33. The maximum absolute atomic E-state index is 8.46. The van der Waals surface area contributed by atoms with Crippen LogP contribution in [0.5, 0.6) is 0 Å². The fourth-order valence-corrected chi connectivity index (χ4v) is 0. The van der Waals surface area contributed by atoms with E-state index in [9.17, 15) is 0 Å². The van der Waals surface area contributed by atoms with Gasteiger partial charge >= 0.3 is 104 Å². The molecule has 2 nitrogen and oxygen atoms in total. The van der Waals surface area contributed by atoms with Crippen LogP contribution in [0.4, 0.5) is 0 Å². The van der Waals surface area contributed by atoms with Gasteiger partial charge in [-0.15, -0.1) is 0 Å². The Hall–Kier alpha value is 2.77. The molecule has 0 saturated heterocycles. The Bertz CT molecular complexity index is 17.1. The Labute approximate surface area is 102 Å². The normalized spacial score (nSPS) is 1.60. The van der Waals surface area contributed by atoms with Gasteiger partial charge in [0.25, 0.3) is 0 Å². The molecule has 0 saturated carbocycles. The van der Waals surface area contributed by atoms with Crippen LogP contribution in [-0.4, -0.2) is 45.0 Å². The van der Waals surface area contributed by atoms with Gasteiger partial charge < -0.3 is 0 Å². The van der Waals surface area contributed by atoms with Crippen LogP contribution in [0, 0.1) is 0 Å². The van der Waals surface area contributed by atoms with E-state index in [4.69, 9.17) is 7.96 Å². The fourth-order valence-electron chi connectivity index (χ4n) is 0. The Morgan fingerprint density at radius 3 is 1.60 bits per heavy atom. The molecule has 0 bridgehead atoms. The van der Waals surface area contributed by atoms with Crippen molar-refractivity contribution in [2.45, 2.75) is 0 Å². The standard InChI is InChI=1S/Al.K.Na.2O.H/q;+1;;;-1;. The van der Waals surface area contributed by atoms with Crippen molar-refractivity contribution < 1.29 is 59.3 Å². The molecule has 5 heteroatoms. The molecule has 0 aliphatic heterocycles. The number of hydrogen-bond acceptors (Lipinski definition) is 2. The number of hydrogen-bond donors (Lipinski definition) is 0. The van der Waals surface area contributed by atoms with Gasteiger partial charge in [0.15, 0.2) is 0 Å². The van der Waals surface area contributed by atoms with Gasteiger partial charge in [0.1, 0.15) is 0 Å². The van der Waals surface area contributed by atoms with Crippen molar-refractivity contribution >= 4 is 45.0 Å². The second-order valence-electron chi connectivity index (χ2n) is 0.0962. The second kappa shape index (κ2) is 15.9. The van der Waals surface area contributed by atoms with E-state index in [1.54, 1.807) is 0 Å². The molecule has 0 heterocycles. The van der Waals surface area contributed by atoms with Crippen LogP contribution >= 0.6 is 0 Å². The topological polar surface area (TPSA) is 40.1 Å². The molecule has 18 valence electrons. The van der Waals surface area contributed by atoms with Crippen molar-refractivity contribution in [2.24, 2.45) is 0 Å². The minimum atomic E-state index is -1.75. The van der Waals surface area contributed by atoms with Crippen LogP contribution in [0.1, 0.15) is 0 Å². The Morgan fingerprint density at radius 2 is 1.60 bits per heavy atom. The third-order valence-electron chi connectivity index (χ3n) is 0.